The van der Waals surface area contributed by atoms with Gasteiger partial charge >= 0.3 is 0 Å². The topological polar surface area (TPSA) is 32.3 Å². The molecule has 14 heavy (non-hydrogen) atoms. The molecule has 0 aliphatic rings. The molecule has 2 aromatic rings. The van der Waals surface area contributed by atoms with Crippen LogP contribution in [0.5, 0.6) is 5.75 Å². The molecule has 2 nitrogen and oxygen atoms in total. The third kappa shape index (κ3) is 1.74. The van der Waals surface area contributed by atoms with Crippen molar-refractivity contribution in [3.05, 3.63) is 29.1 Å². The number of nitrogens with one attached hydrogen (secondary N) is 1. The normalized spacial score (nSPS) is 10.9. The quantitative estimate of drug-likeness (QED) is 0.810. The van der Waals surface area contributed by atoms with Gasteiger partial charge in [-0.05, 0) is 54.5 Å². The summed E-state index contributed by atoms with van der Waals surface area (Å²) in [6, 6.07) is 5.56. The van der Waals surface area contributed by atoms with Crippen LogP contribution in [0.2, 0.25) is 0 Å². The lowest BCUT2D eigenvalue weighted by atomic mass is 10.1. The monoisotopic (exact) mass is 207 g/mol. The lowest BCUT2D eigenvalue weighted by Crippen LogP contribution is -2.09. The molecule has 0 unspecified atom stereocenters. The zero-order valence-electron chi connectivity index (χ0n) is 8.08. The number of phenols is 1. The molecule has 0 aliphatic heterocycles. The molecule has 74 valence electrons. The van der Waals surface area contributed by atoms with Gasteiger partial charge in [0.15, 0.2) is 0 Å². The predicted molar refractivity (Wildman–Crippen MR) is 61.1 cm³/mol. The lowest BCUT2D eigenvalue weighted by molar-refractivity contribution is 0.476. The van der Waals surface area contributed by atoms with Crippen LogP contribution >= 0.6 is 11.3 Å². The lowest BCUT2D eigenvalue weighted by Gasteiger charge is -1.98. The second-order valence-corrected chi connectivity index (χ2v) is 4.21. The van der Waals surface area contributed by atoms with E-state index in [2.05, 4.69) is 10.7 Å². The Morgan fingerprint density at radius 1 is 1.43 bits per heavy atom. The highest BCUT2D eigenvalue weighted by atomic mass is 32.1. The van der Waals surface area contributed by atoms with E-state index in [0.717, 1.165) is 17.7 Å². The van der Waals surface area contributed by atoms with E-state index in [4.69, 9.17) is 0 Å². The van der Waals surface area contributed by atoms with Crippen LogP contribution < -0.4 is 5.32 Å². The first kappa shape index (κ1) is 9.49. The molecule has 2 N–H and O–H groups in total. The molecule has 0 atom stereocenters. The van der Waals surface area contributed by atoms with Crippen molar-refractivity contribution in [2.24, 2.45) is 0 Å². The molecule has 0 spiro atoms. The van der Waals surface area contributed by atoms with Gasteiger partial charge in [0.2, 0.25) is 0 Å². The van der Waals surface area contributed by atoms with Crippen LogP contribution in [0, 0.1) is 0 Å². The van der Waals surface area contributed by atoms with Gasteiger partial charge in [0, 0.05) is 4.70 Å². The van der Waals surface area contributed by atoms with Crippen LogP contribution in [0.3, 0.4) is 0 Å². The summed E-state index contributed by atoms with van der Waals surface area (Å²) in [7, 11) is 1.96. The van der Waals surface area contributed by atoms with E-state index < -0.39 is 0 Å². The Balaban J connectivity index is 2.37. The summed E-state index contributed by atoms with van der Waals surface area (Å²) in [4.78, 5) is 0. The first-order valence-electron chi connectivity index (χ1n) is 4.65. The van der Waals surface area contributed by atoms with Gasteiger partial charge in [-0.25, -0.2) is 0 Å². The zero-order chi connectivity index (χ0) is 9.97. The van der Waals surface area contributed by atoms with Crippen LogP contribution in [0.1, 0.15) is 5.56 Å². The van der Waals surface area contributed by atoms with Gasteiger partial charge in [-0.1, -0.05) is 0 Å². The molecule has 1 aromatic carbocycles. The molecule has 0 fully saturated rings. The van der Waals surface area contributed by atoms with Gasteiger partial charge in [-0.3, -0.25) is 0 Å². The predicted octanol–water partition coefficient (Wildman–Crippen LogP) is 2.37. The van der Waals surface area contributed by atoms with Crippen molar-refractivity contribution in [1.29, 1.82) is 0 Å². The molecular formula is C11H13NOS. The molecule has 1 aromatic heterocycles. The molecule has 2 rings (SSSR count). The first-order chi connectivity index (χ1) is 6.81. The summed E-state index contributed by atoms with van der Waals surface area (Å²) in [6.45, 7) is 0.993. The number of hydrogen-bond donors (Lipinski definition) is 2. The van der Waals surface area contributed by atoms with E-state index in [1.54, 1.807) is 17.4 Å². The molecule has 0 amide bonds. The molecule has 0 saturated heterocycles. The maximum absolute atomic E-state index is 9.31. The van der Waals surface area contributed by atoms with Crippen LogP contribution in [-0.2, 0) is 6.42 Å². The molecule has 0 bridgehead atoms. The summed E-state index contributed by atoms with van der Waals surface area (Å²) in [5, 5.41) is 15.9. The number of phenolic OH excluding ortho intramolecular Hbond substituents is 1. The van der Waals surface area contributed by atoms with Gasteiger partial charge in [0.05, 0.1) is 0 Å². The average molecular weight is 207 g/mol. The summed E-state index contributed by atoms with van der Waals surface area (Å²) < 4.78 is 1.16. The van der Waals surface area contributed by atoms with Crippen LogP contribution in [0.25, 0.3) is 10.1 Å². The maximum Gasteiger partial charge on any atom is 0.117 e. The Morgan fingerprint density at radius 2 is 2.29 bits per heavy atom. The standard InChI is InChI=1S/C11H13NOS/c1-12-5-4-8-7-14-11-6-9(13)2-3-10(8)11/h2-3,6-7,12-13H,4-5H2,1H3. The van der Waals surface area contributed by atoms with Gasteiger partial charge in [-0.2, -0.15) is 0 Å². The number of likely N-dealkylation sites (N-methyl/N-ethyl adjacent to an activating group) is 1. The Labute approximate surface area is 87.2 Å². The molecule has 0 aliphatic carbocycles. The number of hydrogen-bond acceptors (Lipinski definition) is 3. The minimum atomic E-state index is 0.347. The third-order valence-corrected chi connectivity index (χ3v) is 3.28. The van der Waals surface area contributed by atoms with Crippen molar-refractivity contribution in [1.82, 2.24) is 5.32 Å². The number of fused-ring (bicyclic) bond motifs is 1. The van der Waals surface area contributed by atoms with Crippen molar-refractivity contribution >= 4 is 21.4 Å². The summed E-state index contributed by atoms with van der Waals surface area (Å²) in [5.74, 6) is 0.347. The van der Waals surface area contributed by atoms with Gasteiger partial charge in [0.1, 0.15) is 5.75 Å². The second kappa shape index (κ2) is 3.98. The average Bonchev–Trinajstić information content (AvgIpc) is 2.57. The number of rotatable bonds is 3. The first-order valence-corrected chi connectivity index (χ1v) is 5.53. The molecule has 3 heteroatoms. The van der Waals surface area contributed by atoms with Gasteiger partial charge < -0.3 is 10.4 Å². The third-order valence-electron chi connectivity index (χ3n) is 2.28. The Bertz CT molecular complexity index is 436. The Hall–Kier alpha value is -1.06. The van der Waals surface area contributed by atoms with Crippen LogP contribution in [0.4, 0.5) is 0 Å². The smallest absolute Gasteiger partial charge is 0.117 e. The van der Waals surface area contributed by atoms with E-state index in [1.807, 2.05) is 19.2 Å². The van der Waals surface area contributed by atoms with Crippen LogP contribution in [0.15, 0.2) is 23.6 Å². The second-order valence-electron chi connectivity index (χ2n) is 3.29. The van der Waals surface area contributed by atoms with Crippen molar-refractivity contribution in [3.63, 3.8) is 0 Å². The fourth-order valence-corrected chi connectivity index (χ4v) is 2.55. The molecular weight excluding hydrogens is 194 g/mol. The SMILES string of the molecule is CNCCc1csc2cc(O)ccc12. The number of benzene rings is 1. The largest absolute Gasteiger partial charge is 0.508 e. The van der Waals surface area contributed by atoms with Crippen molar-refractivity contribution in [2.75, 3.05) is 13.6 Å². The fraction of sp³-hybridized carbons (Fsp3) is 0.273. The van der Waals surface area contributed by atoms with Gasteiger partial charge in [-0.15, -0.1) is 11.3 Å². The van der Waals surface area contributed by atoms with Crippen molar-refractivity contribution < 1.29 is 5.11 Å². The van der Waals surface area contributed by atoms with E-state index in [0.29, 0.717) is 5.75 Å². The summed E-state index contributed by atoms with van der Waals surface area (Å²) >= 11 is 1.69. The van der Waals surface area contributed by atoms with E-state index in [1.165, 1.54) is 10.9 Å². The van der Waals surface area contributed by atoms with Crippen molar-refractivity contribution in [2.45, 2.75) is 6.42 Å². The highest BCUT2D eigenvalue weighted by Crippen LogP contribution is 2.29. The highest BCUT2D eigenvalue weighted by Gasteiger charge is 2.03. The van der Waals surface area contributed by atoms with Crippen molar-refractivity contribution in [3.8, 4) is 5.75 Å². The Morgan fingerprint density at radius 3 is 3.07 bits per heavy atom. The summed E-state index contributed by atoms with van der Waals surface area (Å²) in [5.41, 5.74) is 1.36. The maximum atomic E-state index is 9.31. The molecule has 0 radical (unpaired) electrons. The fourth-order valence-electron chi connectivity index (χ4n) is 1.53. The number of aromatic hydroxyl groups is 1. The van der Waals surface area contributed by atoms with E-state index >= 15 is 0 Å². The minimum Gasteiger partial charge on any atom is -0.508 e. The van der Waals surface area contributed by atoms with E-state index in [9.17, 15) is 5.11 Å². The van der Waals surface area contributed by atoms with Gasteiger partial charge in [0.25, 0.3) is 0 Å². The minimum absolute atomic E-state index is 0.347. The van der Waals surface area contributed by atoms with Crippen LogP contribution in [-0.4, -0.2) is 18.7 Å². The molecule has 0 saturated carbocycles. The Kier molecular flexibility index (Phi) is 2.70. The van der Waals surface area contributed by atoms with E-state index in [-0.39, 0.29) is 0 Å². The number of thiophene rings is 1. The zero-order valence-corrected chi connectivity index (χ0v) is 8.90. The molecule has 1 heterocycles. The highest BCUT2D eigenvalue weighted by molar-refractivity contribution is 7.17. The summed E-state index contributed by atoms with van der Waals surface area (Å²) in [6.07, 6.45) is 1.04.